The van der Waals surface area contributed by atoms with Gasteiger partial charge in [-0.3, -0.25) is 9.52 Å². The van der Waals surface area contributed by atoms with Crippen LogP contribution in [-0.4, -0.2) is 86.9 Å². The standard InChI is InChI=1S/C36H44F4N4O7S/c1-23-20-44(24(2)22-45)34(46)31-19-29(42-52(48,49)30-15-10-27(37)11-16-30)14-17-32(31)51-25(3)7-5-6-18-50-33(23)21-43(4)35(47)41-28-12-8-26(9-13-28)36(38,39)40/h8-17,19,23-25,33,42,45H,5-7,18,20-22H2,1-4H3,(H,41,47)/t23-,24+,25+,33-/m1/s1. The summed E-state index contributed by atoms with van der Waals surface area (Å²) >= 11 is 0. The van der Waals surface area contributed by atoms with Crippen LogP contribution in [0, 0.1) is 11.7 Å². The molecule has 0 aromatic heterocycles. The summed E-state index contributed by atoms with van der Waals surface area (Å²) < 4.78 is 93.5. The second-order valence-corrected chi connectivity index (χ2v) is 14.6. The Hall–Kier alpha value is -4.41. The molecule has 284 valence electrons. The van der Waals surface area contributed by atoms with E-state index in [1.165, 1.54) is 35.0 Å². The topological polar surface area (TPSA) is 138 Å². The molecule has 3 N–H and O–H groups in total. The van der Waals surface area contributed by atoms with Crippen LogP contribution in [0.1, 0.15) is 56.0 Å². The Kier molecular flexibility index (Phi) is 13.5. The number of aliphatic hydroxyl groups is 1. The highest BCUT2D eigenvalue weighted by atomic mass is 32.2. The van der Waals surface area contributed by atoms with E-state index in [4.69, 9.17) is 9.47 Å². The Bertz CT molecular complexity index is 1780. The predicted octanol–water partition coefficient (Wildman–Crippen LogP) is 6.60. The van der Waals surface area contributed by atoms with Crippen LogP contribution in [0.2, 0.25) is 0 Å². The van der Waals surface area contributed by atoms with Gasteiger partial charge >= 0.3 is 12.2 Å². The molecule has 16 heteroatoms. The lowest BCUT2D eigenvalue weighted by molar-refractivity contribution is -0.137. The lowest BCUT2D eigenvalue weighted by Crippen LogP contribution is -2.48. The molecule has 4 atom stereocenters. The number of carbonyl (C=O) groups is 2. The molecule has 0 fully saturated rings. The molecular weight excluding hydrogens is 708 g/mol. The van der Waals surface area contributed by atoms with Gasteiger partial charge in [0.25, 0.3) is 15.9 Å². The van der Waals surface area contributed by atoms with Crippen LogP contribution in [-0.2, 0) is 20.9 Å². The van der Waals surface area contributed by atoms with Gasteiger partial charge in [-0.2, -0.15) is 13.2 Å². The molecule has 1 heterocycles. The number of carbonyl (C=O) groups excluding carboxylic acids is 2. The Morgan fingerprint density at radius 2 is 1.69 bits per heavy atom. The molecule has 1 aliphatic heterocycles. The van der Waals surface area contributed by atoms with E-state index in [1.807, 2.05) is 13.8 Å². The molecule has 4 rings (SSSR count). The summed E-state index contributed by atoms with van der Waals surface area (Å²) in [5, 5.41) is 12.8. The number of halogens is 4. The summed E-state index contributed by atoms with van der Waals surface area (Å²) in [6.07, 6.45) is -3.49. The lowest BCUT2D eigenvalue weighted by atomic mass is 10.0. The zero-order chi connectivity index (χ0) is 38.2. The lowest BCUT2D eigenvalue weighted by Gasteiger charge is -2.35. The van der Waals surface area contributed by atoms with Crippen molar-refractivity contribution in [2.75, 3.05) is 43.4 Å². The van der Waals surface area contributed by atoms with Crippen molar-refractivity contribution in [3.8, 4) is 5.75 Å². The van der Waals surface area contributed by atoms with E-state index >= 15 is 0 Å². The van der Waals surface area contributed by atoms with Crippen molar-refractivity contribution in [3.63, 3.8) is 0 Å². The highest BCUT2D eigenvalue weighted by molar-refractivity contribution is 7.92. The Morgan fingerprint density at radius 3 is 2.33 bits per heavy atom. The van der Waals surface area contributed by atoms with E-state index in [1.54, 1.807) is 6.92 Å². The second kappa shape index (κ2) is 17.4. The summed E-state index contributed by atoms with van der Waals surface area (Å²) in [4.78, 5) is 30.0. The molecule has 0 aliphatic carbocycles. The Labute approximate surface area is 300 Å². The summed E-state index contributed by atoms with van der Waals surface area (Å²) in [6, 6.07) is 11.4. The minimum Gasteiger partial charge on any atom is -0.490 e. The molecule has 0 bridgehead atoms. The maximum atomic E-state index is 14.3. The maximum Gasteiger partial charge on any atom is 0.416 e. The van der Waals surface area contributed by atoms with Gasteiger partial charge in [-0.1, -0.05) is 6.92 Å². The van der Waals surface area contributed by atoms with Crippen molar-refractivity contribution in [1.29, 1.82) is 0 Å². The number of fused-ring (bicyclic) bond motifs is 1. The van der Waals surface area contributed by atoms with Gasteiger partial charge in [0.1, 0.15) is 11.6 Å². The molecule has 3 aromatic carbocycles. The van der Waals surface area contributed by atoms with Crippen molar-refractivity contribution in [1.82, 2.24) is 9.80 Å². The fraction of sp³-hybridized carbons (Fsp3) is 0.444. The van der Waals surface area contributed by atoms with E-state index < -0.39 is 64.2 Å². The number of amides is 3. The van der Waals surface area contributed by atoms with Gasteiger partial charge in [0.2, 0.25) is 0 Å². The Morgan fingerprint density at radius 1 is 1.04 bits per heavy atom. The number of rotatable bonds is 8. The SMILES string of the molecule is C[C@@H]1CN([C@@H](C)CO)C(=O)c2cc(NS(=O)(=O)c3ccc(F)cc3)ccc2O[C@@H](C)CCCCO[C@@H]1CN(C)C(=O)Nc1ccc(C(F)(F)F)cc1. The number of anilines is 2. The number of sulfonamides is 1. The molecule has 0 saturated heterocycles. The molecule has 3 amide bonds. The number of alkyl halides is 3. The summed E-state index contributed by atoms with van der Waals surface area (Å²) in [5.41, 5.74) is -0.572. The van der Waals surface area contributed by atoms with E-state index in [0.717, 1.165) is 48.5 Å². The molecule has 52 heavy (non-hydrogen) atoms. The Balaban J connectivity index is 1.59. The van der Waals surface area contributed by atoms with Gasteiger partial charge in [0.05, 0.1) is 40.9 Å². The van der Waals surface area contributed by atoms with Crippen LogP contribution in [0.3, 0.4) is 0 Å². The number of likely N-dealkylation sites (N-methyl/N-ethyl adjacent to an activating group) is 1. The van der Waals surface area contributed by atoms with Crippen molar-refractivity contribution >= 4 is 33.3 Å². The van der Waals surface area contributed by atoms with Gasteiger partial charge in [-0.05, 0) is 99.8 Å². The summed E-state index contributed by atoms with van der Waals surface area (Å²) in [7, 11) is -2.63. The largest absolute Gasteiger partial charge is 0.490 e. The molecule has 1 aliphatic rings. The van der Waals surface area contributed by atoms with Gasteiger partial charge < -0.3 is 29.7 Å². The molecule has 0 unspecified atom stereocenters. The first-order valence-electron chi connectivity index (χ1n) is 16.8. The molecule has 0 spiro atoms. The number of benzene rings is 3. The van der Waals surface area contributed by atoms with Gasteiger partial charge in [0, 0.05) is 44.0 Å². The fourth-order valence-corrected chi connectivity index (χ4v) is 6.64. The van der Waals surface area contributed by atoms with Crippen molar-refractivity contribution in [3.05, 3.63) is 83.7 Å². The van der Waals surface area contributed by atoms with Crippen molar-refractivity contribution in [2.45, 2.75) is 69.4 Å². The first-order valence-corrected chi connectivity index (χ1v) is 18.3. The van der Waals surface area contributed by atoms with Crippen molar-refractivity contribution in [2.24, 2.45) is 5.92 Å². The third kappa shape index (κ3) is 10.8. The number of aliphatic hydroxyl groups excluding tert-OH is 1. The minimum atomic E-state index is -4.51. The van der Waals surface area contributed by atoms with Crippen LogP contribution in [0.15, 0.2) is 71.6 Å². The summed E-state index contributed by atoms with van der Waals surface area (Å²) in [5.74, 6) is -1.35. The highest BCUT2D eigenvalue weighted by Crippen LogP contribution is 2.31. The van der Waals surface area contributed by atoms with Crippen LogP contribution in [0.5, 0.6) is 5.75 Å². The van der Waals surface area contributed by atoms with Crippen LogP contribution in [0.4, 0.5) is 33.7 Å². The zero-order valence-electron chi connectivity index (χ0n) is 29.3. The average molecular weight is 753 g/mol. The second-order valence-electron chi connectivity index (χ2n) is 13.0. The number of hydrogen-bond acceptors (Lipinski definition) is 7. The number of urea groups is 1. The van der Waals surface area contributed by atoms with E-state index in [9.17, 15) is 40.7 Å². The third-order valence-electron chi connectivity index (χ3n) is 8.69. The fourth-order valence-electron chi connectivity index (χ4n) is 5.59. The van der Waals surface area contributed by atoms with E-state index in [-0.39, 0.29) is 46.8 Å². The van der Waals surface area contributed by atoms with Crippen LogP contribution < -0.4 is 14.8 Å². The third-order valence-corrected chi connectivity index (χ3v) is 10.1. The normalized spacial score (nSPS) is 19.8. The van der Waals surface area contributed by atoms with Gasteiger partial charge in [-0.25, -0.2) is 17.6 Å². The number of ether oxygens (including phenoxy) is 2. The number of nitrogens with zero attached hydrogens (tertiary/aromatic N) is 2. The monoisotopic (exact) mass is 752 g/mol. The first-order chi connectivity index (χ1) is 24.5. The molecule has 3 aromatic rings. The average Bonchev–Trinajstić information content (AvgIpc) is 3.09. The molecular formula is C36H44F4N4O7S. The zero-order valence-corrected chi connectivity index (χ0v) is 30.1. The highest BCUT2D eigenvalue weighted by Gasteiger charge is 2.32. The maximum absolute atomic E-state index is 14.3. The molecule has 0 radical (unpaired) electrons. The smallest absolute Gasteiger partial charge is 0.416 e. The van der Waals surface area contributed by atoms with Gasteiger partial charge in [0.15, 0.2) is 0 Å². The number of hydrogen-bond donors (Lipinski definition) is 3. The van der Waals surface area contributed by atoms with Crippen molar-refractivity contribution < 1.29 is 50.1 Å². The minimum absolute atomic E-state index is 0.0428. The first kappa shape index (κ1) is 40.4. The predicted molar refractivity (Wildman–Crippen MR) is 187 cm³/mol. The molecule has 11 nitrogen and oxygen atoms in total. The quantitative estimate of drug-likeness (QED) is 0.221. The molecule has 0 saturated carbocycles. The van der Waals surface area contributed by atoms with Crippen LogP contribution >= 0.6 is 0 Å². The van der Waals surface area contributed by atoms with E-state index in [0.29, 0.717) is 25.9 Å². The van der Waals surface area contributed by atoms with Crippen LogP contribution in [0.25, 0.3) is 0 Å². The number of nitrogens with one attached hydrogen (secondary N) is 2. The summed E-state index contributed by atoms with van der Waals surface area (Å²) in [6.45, 7) is 5.38. The van der Waals surface area contributed by atoms with Gasteiger partial charge in [-0.15, -0.1) is 0 Å². The van der Waals surface area contributed by atoms with E-state index in [2.05, 4.69) is 10.0 Å².